The molecule has 1 unspecified atom stereocenters. The van der Waals surface area contributed by atoms with Crippen LogP contribution in [-0.2, 0) is 6.42 Å². The maximum absolute atomic E-state index is 6.58. The first-order chi connectivity index (χ1) is 11.3. The zero-order valence-electron chi connectivity index (χ0n) is 12.9. The Kier molecular flexibility index (Phi) is 3.57. The first kappa shape index (κ1) is 14.0. The Hall–Kier alpha value is -2.64. The van der Waals surface area contributed by atoms with Crippen molar-refractivity contribution in [2.45, 2.75) is 12.5 Å². The second-order valence-electron chi connectivity index (χ2n) is 6.02. The number of hydrogen-bond donors (Lipinski definition) is 1. The lowest BCUT2D eigenvalue weighted by Crippen LogP contribution is -2.14. The number of benzene rings is 4. The number of nitrogens with two attached hydrogens (primary N) is 1. The number of hydrogen-bond acceptors (Lipinski definition) is 1. The normalized spacial score (nSPS) is 12.6. The van der Waals surface area contributed by atoms with E-state index in [2.05, 4.69) is 84.9 Å². The lowest BCUT2D eigenvalue weighted by atomic mass is 9.92. The summed E-state index contributed by atoms with van der Waals surface area (Å²) in [6.45, 7) is 0. The van der Waals surface area contributed by atoms with E-state index in [1.54, 1.807) is 0 Å². The van der Waals surface area contributed by atoms with Crippen molar-refractivity contribution in [3.63, 3.8) is 0 Å². The van der Waals surface area contributed by atoms with Crippen LogP contribution in [0.3, 0.4) is 0 Å². The van der Waals surface area contributed by atoms with E-state index in [0.717, 1.165) is 6.42 Å². The van der Waals surface area contributed by atoms with Crippen LogP contribution >= 0.6 is 0 Å². The van der Waals surface area contributed by atoms with Gasteiger partial charge in [0.15, 0.2) is 0 Å². The molecule has 4 aromatic rings. The Labute approximate surface area is 136 Å². The lowest BCUT2D eigenvalue weighted by molar-refractivity contribution is 0.732. The van der Waals surface area contributed by atoms with Gasteiger partial charge in [-0.05, 0) is 39.1 Å². The zero-order valence-corrected chi connectivity index (χ0v) is 12.9. The molecule has 0 bridgehead atoms. The van der Waals surface area contributed by atoms with Gasteiger partial charge in [0.05, 0.1) is 0 Å². The molecule has 0 heterocycles. The molecule has 0 aliphatic rings. The third kappa shape index (κ3) is 2.60. The zero-order chi connectivity index (χ0) is 15.6. The van der Waals surface area contributed by atoms with Crippen LogP contribution in [0.25, 0.3) is 21.5 Å². The number of rotatable bonds is 3. The van der Waals surface area contributed by atoms with Gasteiger partial charge >= 0.3 is 0 Å². The summed E-state index contributed by atoms with van der Waals surface area (Å²) >= 11 is 0. The maximum atomic E-state index is 6.58. The topological polar surface area (TPSA) is 26.0 Å². The average Bonchev–Trinajstić information content (AvgIpc) is 2.61. The van der Waals surface area contributed by atoms with E-state index in [-0.39, 0.29) is 6.04 Å². The summed E-state index contributed by atoms with van der Waals surface area (Å²) in [7, 11) is 0. The smallest absolute Gasteiger partial charge is 0.0342 e. The fourth-order valence-corrected chi connectivity index (χ4v) is 3.39. The van der Waals surface area contributed by atoms with Crippen LogP contribution in [0.5, 0.6) is 0 Å². The quantitative estimate of drug-likeness (QED) is 0.550. The van der Waals surface area contributed by atoms with Crippen LogP contribution < -0.4 is 5.73 Å². The summed E-state index contributed by atoms with van der Waals surface area (Å²) in [4.78, 5) is 0. The first-order valence-electron chi connectivity index (χ1n) is 8.03. The van der Waals surface area contributed by atoms with Crippen molar-refractivity contribution < 1.29 is 0 Å². The summed E-state index contributed by atoms with van der Waals surface area (Å²) in [6.07, 6.45) is 0.843. The molecule has 0 aliphatic carbocycles. The minimum absolute atomic E-state index is 0.00749. The molecule has 0 amide bonds. The molecule has 1 nitrogen and oxygen atoms in total. The molecule has 1 heteroatoms. The summed E-state index contributed by atoms with van der Waals surface area (Å²) in [5.74, 6) is 0. The van der Waals surface area contributed by atoms with Gasteiger partial charge in [-0.15, -0.1) is 0 Å². The van der Waals surface area contributed by atoms with Crippen molar-refractivity contribution in [1.82, 2.24) is 0 Å². The Balaban J connectivity index is 1.75. The van der Waals surface area contributed by atoms with Crippen molar-refractivity contribution in [1.29, 1.82) is 0 Å². The summed E-state index contributed by atoms with van der Waals surface area (Å²) in [6, 6.07) is 29.8. The molecule has 4 rings (SSSR count). The van der Waals surface area contributed by atoms with Crippen LogP contribution in [-0.4, -0.2) is 0 Å². The van der Waals surface area contributed by atoms with Crippen LogP contribution in [0, 0.1) is 0 Å². The standard InChI is InChI=1S/C22H19N/c23-22(21-14-6-10-17-8-2-4-13-20(17)21)15-18-11-5-9-16-7-1-3-12-19(16)18/h1-14,22H,15,23H2. The molecular formula is C22H19N. The fourth-order valence-electron chi connectivity index (χ4n) is 3.39. The highest BCUT2D eigenvalue weighted by atomic mass is 14.6. The molecule has 0 fully saturated rings. The highest BCUT2D eigenvalue weighted by Crippen LogP contribution is 2.27. The third-order valence-corrected chi connectivity index (χ3v) is 4.54. The maximum Gasteiger partial charge on any atom is 0.0342 e. The van der Waals surface area contributed by atoms with Crippen molar-refractivity contribution in [2.75, 3.05) is 0 Å². The van der Waals surface area contributed by atoms with Crippen LogP contribution in [0.2, 0.25) is 0 Å². The van der Waals surface area contributed by atoms with Gasteiger partial charge in [0.25, 0.3) is 0 Å². The van der Waals surface area contributed by atoms with Crippen molar-refractivity contribution in [3.8, 4) is 0 Å². The second-order valence-corrected chi connectivity index (χ2v) is 6.02. The molecule has 4 aromatic carbocycles. The largest absolute Gasteiger partial charge is 0.324 e. The molecule has 112 valence electrons. The molecular weight excluding hydrogens is 278 g/mol. The molecule has 1 atom stereocenters. The lowest BCUT2D eigenvalue weighted by Gasteiger charge is -2.16. The molecule has 0 saturated carbocycles. The van der Waals surface area contributed by atoms with Crippen LogP contribution in [0.4, 0.5) is 0 Å². The van der Waals surface area contributed by atoms with Gasteiger partial charge in [-0.25, -0.2) is 0 Å². The van der Waals surface area contributed by atoms with Crippen molar-refractivity contribution in [3.05, 3.63) is 96.1 Å². The Morgan fingerprint density at radius 2 is 1.17 bits per heavy atom. The van der Waals surface area contributed by atoms with E-state index in [4.69, 9.17) is 5.73 Å². The average molecular weight is 297 g/mol. The summed E-state index contributed by atoms with van der Waals surface area (Å²) in [5.41, 5.74) is 9.11. The predicted octanol–water partition coefficient (Wildman–Crippen LogP) is 5.24. The van der Waals surface area contributed by atoms with E-state index >= 15 is 0 Å². The third-order valence-electron chi connectivity index (χ3n) is 4.54. The molecule has 0 spiro atoms. The first-order valence-corrected chi connectivity index (χ1v) is 8.03. The summed E-state index contributed by atoms with van der Waals surface area (Å²) < 4.78 is 0. The van der Waals surface area contributed by atoms with Gasteiger partial charge in [-0.2, -0.15) is 0 Å². The molecule has 0 radical (unpaired) electrons. The molecule has 23 heavy (non-hydrogen) atoms. The second kappa shape index (κ2) is 5.86. The van der Waals surface area contributed by atoms with E-state index < -0.39 is 0 Å². The molecule has 2 N–H and O–H groups in total. The molecule has 0 aromatic heterocycles. The number of fused-ring (bicyclic) bond motifs is 2. The van der Waals surface area contributed by atoms with Crippen LogP contribution in [0.15, 0.2) is 84.9 Å². The van der Waals surface area contributed by atoms with Gasteiger partial charge in [0, 0.05) is 6.04 Å². The minimum atomic E-state index is -0.00749. The van der Waals surface area contributed by atoms with Crippen molar-refractivity contribution in [2.24, 2.45) is 5.73 Å². The molecule has 0 aliphatic heterocycles. The van der Waals surface area contributed by atoms with Crippen LogP contribution in [0.1, 0.15) is 17.2 Å². The Morgan fingerprint density at radius 3 is 1.96 bits per heavy atom. The monoisotopic (exact) mass is 297 g/mol. The predicted molar refractivity (Wildman–Crippen MR) is 98.5 cm³/mol. The molecule has 0 saturated heterocycles. The van der Waals surface area contributed by atoms with Gasteiger partial charge in [0.1, 0.15) is 0 Å². The van der Waals surface area contributed by atoms with E-state index in [1.807, 2.05) is 0 Å². The van der Waals surface area contributed by atoms with E-state index in [0.29, 0.717) is 0 Å². The Bertz CT molecular complexity index is 961. The van der Waals surface area contributed by atoms with Gasteiger partial charge < -0.3 is 5.73 Å². The SMILES string of the molecule is NC(Cc1cccc2ccccc12)c1cccc2ccccc12. The fraction of sp³-hybridized carbons (Fsp3) is 0.0909. The van der Waals surface area contributed by atoms with Gasteiger partial charge in [0.2, 0.25) is 0 Å². The Morgan fingerprint density at radius 1 is 0.609 bits per heavy atom. The van der Waals surface area contributed by atoms with Gasteiger partial charge in [-0.3, -0.25) is 0 Å². The summed E-state index contributed by atoms with van der Waals surface area (Å²) in [5, 5.41) is 5.07. The van der Waals surface area contributed by atoms with E-state index in [1.165, 1.54) is 32.7 Å². The highest BCUT2D eigenvalue weighted by molar-refractivity contribution is 5.87. The van der Waals surface area contributed by atoms with E-state index in [9.17, 15) is 0 Å². The van der Waals surface area contributed by atoms with Gasteiger partial charge in [-0.1, -0.05) is 84.9 Å². The highest BCUT2D eigenvalue weighted by Gasteiger charge is 2.12. The minimum Gasteiger partial charge on any atom is -0.324 e. The van der Waals surface area contributed by atoms with Crippen molar-refractivity contribution >= 4 is 21.5 Å².